The number of aliphatic hydroxyl groups is 1. The van der Waals surface area contributed by atoms with Crippen molar-refractivity contribution in [3.05, 3.63) is 59.7 Å². The number of ether oxygens (including phenoxy) is 3. The van der Waals surface area contributed by atoms with Gasteiger partial charge in [-0.15, -0.1) is 0 Å². The summed E-state index contributed by atoms with van der Waals surface area (Å²) in [5.74, 6) is 1.35. The highest BCUT2D eigenvalue weighted by Crippen LogP contribution is 2.36. The quantitative estimate of drug-likeness (QED) is 0.806. The average molecular weight is 316 g/mol. The Balaban J connectivity index is 2.15. The molecular weight excluding hydrogens is 292 g/mol. The molecule has 0 aliphatic carbocycles. The minimum atomic E-state index is -0.233. The minimum absolute atomic E-state index is 0.0170. The molecule has 0 aliphatic rings. The summed E-state index contributed by atoms with van der Waals surface area (Å²) in [6.07, 6.45) is -0.434. The van der Waals surface area contributed by atoms with E-state index in [0.29, 0.717) is 18.1 Å². The smallest absolute Gasteiger partial charge is 0.166 e. The Bertz CT molecular complexity index is 598. The monoisotopic (exact) mass is 316 g/mol. The molecule has 2 rings (SSSR count). The number of hydrogen-bond acceptors (Lipinski definition) is 4. The van der Waals surface area contributed by atoms with Crippen LogP contribution >= 0.6 is 0 Å². The van der Waals surface area contributed by atoms with Gasteiger partial charge in [-0.3, -0.25) is 0 Å². The Morgan fingerprint density at radius 1 is 1.00 bits per heavy atom. The standard InChI is InChI=1S/C19H24O4/c1-14(12-20)23-15(2)17-10-7-11-18(19(17)21-3)22-13-16-8-5-4-6-9-16/h4-11,14-15,20H,12-13H2,1-3H3/t14-,15+/m1/s1. The van der Waals surface area contributed by atoms with Crippen LogP contribution < -0.4 is 9.47 Å². The third kappa shape index (κ3) is 4.71. The van der Waals surface area contributed by atoms with Gasteiger partial charge in [-0.2, -0.15) is 0 Å². The summed E-state index contributed by atoms with van der Waals surface area (Å²) < 4.78 is 17.2. The van der Waals surface area contributed by atoms with Crippen molar-refractivity contribution < 1.29 is 19.3 Å². The van der Waals surface area contributed by atoms with Crippen LogP contribution in [0.2, 0.25) is 0 Å². The van der Waals surface area contributed by atoms with Crippen LogP contribution in [-0.2, 0) is 11.3 Å². The second-order valence-corrected chi connectivity index (χ2v) is 5.42. The number of para-hydroxylation sites is 1. The molecule has 0 aromatic heterocycles. The Morgan fingerprint density at radius 2 is 1.74 bits per heavy atom. The molecule has 4 nitrogen and oxygen atoms in total. The molecule has 0 fully saturated rings. The maximum Gasteiger partial charge on any atom is 0.166 e. The van der Waals surface area contributed by atoms with Crippen LogP contribution in [0.3, 0.4) is 0 Å². The van der Waals surface area contributed by atoms with Gasteiger partial charge in [0.05, 0.1) is 25.9 Å². The van der Waals surface area contributed by atoms with E-state index in [1.54, 1.807) is 7.11 Å². The fraction of sp³-hybridized carbons (Fsp3) is 0.368. The van der Waals surface area contributed by atoms with Crippen LogP contribution in [0.1, 0.15) is 31.1 Å². The normalized spacial score (nSPS) is 13.4. The Labute approximate surface area is 137 Å². The summed E-state index contributed by atoms with van der Waals surface area (Å²) in [6, 6.07) is 15.7. The van der Waals surface area contributed by atoms with Gasteiger partial charge in [0.25, 0.3) is 0 Å². The van der Waals surface area contributed by atoms with Crippen LogP contribution in [0, 0.1) is 0 Å². The summed E-state index contributed by atoms with van der Waals surface area (Å²) >= 11 is 0. The summed E-state index contributed by atoms with van der Waals surface area (Å²) in [7, 11) is 1.62. The van der Waals surface area contributed by atoms with Gasteiger partial charge in [-0.1, -0.05) is 42.5 Å². The first-order valence-corrected chi connectivity index (χ1v) is 7.75. The number of aliphatic hydroxyl groups excluding tert-OH is 1. The molecule has 2 atom stereocenters. The second-order valence-electron chi connectivity index (χ2n) is 5.42. The zero-order valence-corrected chi connectivity index (χ0v) is 13.9. The van der Waals surface area contributed by atoms with Gasteiger partial charge in [0.2, 0.25) is 0 Å². The molecular formula is C19H24O4. The van der Waals surface area contributed by atoms with Gasteiger partial charge in [0.15, 0.2) is 11.5 Å². The largest absolute Gasteiger partial charge is 0.492 e. The highest BCUT2D eigenvalue weighted by atomic mass is 16.5. The van der Waals surface area contributed by atoms with Gasteiger partial charge in [0.1, 0.15) is 6.61 Å². The molecule has 0 radical (unpaired) electrons. The lowest BCUT2D eigenvalue weighted by Gasteiger charge is -2.21. The summed E-state index contributed by atoms with van der Waals surface area (Å²) in [5, 5.41) is 9.14. The van der Waals surface area contributed by atoms with Crippen molar-refractivity contribution in [1.29, 1.82) is 0 Å². The van der Waals surface area contributed by atoms with Gasteiger partial charge in [-0.25, -0.2) is 0 Å². The van der Waals surface area contributed by atoms with E-state index in [2.05, 4.69) is 0 Å². The van der Waals surface area contributed by atoms with E-state index >= 15 is 0 Å². The third-order valence-corrected chi connectivity index (χ3v) is 3.58. The van der Waals surface area contributed by atoms with Crippen molar-refractivity contribution in [2.75, 3.05) is 13.7 Å². The number of rotatable bonds is 8. The fourth-order valence-electron chi connectivity index (χ4n) is 2.39. The van der Waals surface area contributed by atoms with Crippen molar-refractivity contribution in [2.45, 2.75) is 32.7 Å². The molecule has 2 aromatic carbocycles. The molecule has 0 spiro atoms. The van der Waals surface area contributed by atoms with Crippen LogP contribution in [0.4, 0.5) is 0 Å². The minimum Gasteiger partial charge on any atom is -0.492 e. The predicted molar refractivity (Wildman–Crippen MR) is 89.8 cm³/mol. The lowest BCUT2D eigenvalue weighted by atomic mass is 10.1. The maximum atomic E-state index is 9.14. The molecule has 0 aliphatic heterocycles. The zero-order chi connectivity index (χ0) is 16.7. The van der Waals surface area contributed by atoms with E-state index in [0.717, 1.165) is 11.1 Å². The highest BCUT2D eigenvalue weighted by molar-refractivity contribution is 5.47. The lowest BCUT2D eigenvalue weighted by Crippen LogP contribution is -2.16. The Kier molecular flexibility index (Phi) is 6.44. The van der Waals surface area contributed by atoms with Crippen LogP contribution in [0.25, 0.3) is 0 Å². The van der Waals surface area contributed by atoms with E-state index < -0.39 is 0 Å². The van der Waals surface area contributed by atoms with Crippen molar-refractivity contribution >= 4 is 0 Å². The van der Waals surface area contributed by atoms with Crippen molar-refractivity contribution in [3.63, 3.8) is 0 Å². The van der Waals surface area contributed by atoms with Crippen molar-refractivity contribution in [2.24, 2.45) is 0 Å². The fourth-order valence-corrected chi connectivity index (χ4v) is 2.39. The van der Waals surface area contributed by atoms with E-state index in [1.807, 2.05) is 62.4 Å². The summed E-state index contributed by atoms with van der Waals surface area (Å²) in [4.78, 5) is 0. The molecule has 1 N–H and O–H groups in total. The van der Waals surface area contributed by atoms with E-state index in [4.69, 9.17) is 19.3 Å². The lowest BCUT2D eigenvalue weighted by molar-refractivity contribution is -0.0229. The molecule has 2 aromatic rings. The Hall–Kier alpha value is -2.04. The molecule has 0 saturated heterocycles. The number of benzene rings is 2. The molecule has 23 heavy (non-hydrogen) atoms. The zero-order valence-electron chi connectivity index (χ0n) is 13.9. The first-order chi connectivity index (χ1) is 11.2. The first kappa shape index (κ1) is 17.3. The van der Waals surface area contributed by atoms with Gasteiger partial charge in [0, 0.05) is 5.56 Å². The topological polar surface area (TPSA) is 47.9 Å². The van der Waals surface area contributed by atoms with Gasteiger partial charge < -0.3 is 19.3 Å². The molecule has 0 saturated carbocycles. The van der Waals surface area contributed by atoms with Crippen molar-refractivity contribution in [1.82, 2.24) is 0 Å². The van der Waals surface area contributed by atoms with E-state index in [-0.39, 0.29) is 18.8 Å². The van der Waals surface area contributed by atoms with Crippen LogP contribution in [0.15, 0.2) is 48.5 Å². The molecule has 124 valence electrons. The predicted octanol–water partition coefficient (Wildman–Crippen LogP) is 3.73. The SMILES string of the molecule is COc1c(OCc2ccccc2)cccc1[C@H](C)O[C@H](C)CO. The molecule has 4 heteroatoms. The van der Waals surface area contributed by atoms with Gasteiger partial charge >= 0.3 is 0 Å². The van der Waals surface area contributed by atoms with E-state index in [1.165, 1.54) is 0 Å². The summed E-state index contributed by atoms with van der Waals surface area (Å²) in [6.45, 7) is 4.23. The first-order valence-electron chi connectivity index (χ1n) is 7.75. The van der Waals surface area contributed by atoms with E-state index in [9.17, 15) is 0 Å². The van der Waals surface area contributed by atoms with Crippen LogP contribution in [-0.4, -0.2) is 24.9 Å². The molecule has 0 bridgehead atoms. The Morgan fingerprint density at radius 3 is 2.39 bits per heavy atom. The highest BCUT2D eigenvalue weighted by Gasteiger charge is 2.18. The molecule has 0 heterocycles. The molecule has 0 amide bonds. The van der Waals surface area contributed by atoms with Gasteiger partial charge in [-0.05, 0) is 25.5 Å². The number of hydrogen-bond donors (Lipinski definition) is 1. The third-order valence-electron chi connectivity index (χ3n) is 3.58. The summed E-state index contributed by atoms with van der Waals surface area (Å²) in [5.41, 5.74) is 2.00. The number of methoxy groups -OCH3 is 1. The molecule has 0 unspecified atom stereocenters. The average Bonchev–Trinajstić information content (AvgIpc) is 2.60. The van der Waals surface area contributed by atoms with Crippen LogP contribution in [0.5, 0.6) is 11.5 Å². The van der Waals surface area contributed by atoms with Crippen molar-refractivity contribution in [3.8, 4) is 11.5 Å². The second kappa shape index (κ2) is 8.56. The maximum absolute atomic E-state index is 9.14.